The lowest BCUT2D eigenvalue weighted by atomic mass is 10.1. The molecule has 0 aliphatic heterocycles. The standard InChI is InChI=1S/C20H16N4O4/c1-13-21-19(28-23-13)18(14-8-4-2-5-9-14)27-20(26)17-16(25)12-24(22-17)15-10-6-3-7-11-15/h2-12,18,25H,1H3. The first-order valence-corrected chi connectivity index (χ1v) is 8.52. The summed E-state index contributed by atoms with van der Waals surface area (Å²) < 4.78 is 12.2. The molecule has 0 saturated heterocycles. The molecule has 0 aliphatic rings. The Morgan fingerprint density at radius 2 is 1.79 bits per heavy atom. The van der Waals surface area contributed by atoms with Crippen LogP contribution in [0, 0.1) is 6.92 Å². The number of nitrogens with zero attached hydrogens (tertiary/aromatic N) is 4. The molecule has 4 aromatic rings. The third kappa shape index (κ3) is 3.48. The van der Waals surface area contributed by atoms with Gasteiger partial charge in [-0.1, -0.05) is 53.7 Å². The van der Waals surface area contributed by atoms with E-state index < -0.39 is 12.1 Å². The van der Waals surface area contributed by atoms with Crippen LogP contribution in [-0.2, 0) is 4.74 Å². The van der Waals surface area contributed by atoms with Crippen molar-refractivity contribution < 1.29 is 19.2 Å². The molecule has 0 bridgehead atoms. The molecule has 28 heavy (non-hydrogen) atoms. The molecule has 4 rings (SSSR count). The molecule has 1 atom stereocenters. The summed E-state index contributed by atoms with van der Waals surface area (Å²) in [5, 5.41) is 18.1. The molecular weight excluding hydrogens is 360 g/mol. The fraction of sp³-hybridized carbons (Fsp3) is 0.100. The fourth-order valence-corrected chi connectivity index (χ4v) is 2.69. The topological polar surface area (TPSA) is 103 Å². The predicted octanol–water partition coefficient (Wildman–Crippen LogP) is 3.22. The Bertz CT molecular complexity index is 1090. The van der Waals surface area contributed by atoms with Gasteiger partial charge in [0.2, 0.25) is 11.8 Å². The fourth-order valence-electron chi connectivity index (χ4n) is 2.69. The Balaban J connectivity index is 1.64. The second kappa shape index (κ2) is 7.36. The summed E-state index contributed by atoms with van der Waals surface area (Å²) in [6.45, 7) is 1.67. The zero-order valence-corrected chi connectivity index (χ0v) is 14.9. The van der Waals surface area contributed by atoms with Gasteiger partial charge >= 0.3 is 5.97 Å². The van der Waals surface area contributed by atoms with Crippen LogP contribution in [0.3, 0.4) is 0 Å². The average molecular weight is 376 g/mol. The highest BCUT2D eigenvalue weighted by atomic mass is 16.6. The molecule has 1 N–H and O–H groups in total. The minimum Gasteiger partial charge on any atom is -0.504 e. The first-order chi connectivity index (χ1) is 13.6. The van der Waals surface area contributed by atoms with E-state index >= 15 is 0 Å². The van der Waals surface area contributed by atoms with Crippen LogP contribution in [0.25, 0.3) is 5.69 Å². The van der Waals surface area contributed by atoms with Crippen LogP contribution in [0.5, 0.6) is 5.75 Å². The molecule has 2 aromatic carbocycles. The number of aromatic hydroxyl groups is 1. The largest absolute Gasteiger partial charge is 0.504 e. The van der Waals surface area contributed by atoms with Gasteiger partial charge in [0.1, 0.15) is 0 Å². The second-order valence-corrected chi connectivity index (χ2v) is 6.02. The van der Waals surface area contributed by atoms with Gasteiger partial charge in [0.25, 0.3) is 5.89 Å². The number of hydrogen-bond donors (Lipinski definition) is 1. The van der Waals surface area contributed by atoms with E-state index in [4.69, 9.17) is 9.26 Å². The first-order valence-electron chi connectivity index (χ1n) is 8.52. The molecule has 0 aliphatic carbocycles. The van der Waals surface area contributed by atoms with E-state index in [0.717, 1.165) is 0 Å². The number of carbonyl (C=O) groups is 1. The van der Waals surface area contributed by atoms with Gasteiger partial charge < -0.3 is 14.4 Å². The van der Waals surface area contributed by atoms with Gasteiger partial charge in [0, 0.05) is 5.56 Å². The van der Waals surface area contributed by atoms with E-state index in [9.17, 15) is 9.90 Å². The van der Waals surface area contributed by atoms with E-state index in [1.54, 1.807) is 43.3 Å². The summed E-state index contributed by atoms with van der Waals surface area (Å²) in [5.74, 6) is -0.540. The van der Waals surface area contributed by atoms with Crippen molar-refractivity contribution in [2.75, 3.05) is 0 Å². The van der Waals surface area contributed by atoms with Crippen molar-refractivity contribution >= 4 is 5.97 Å². The van der Waals surface area contributed by atoms with Gasteiger partial charge in [-0.25, -0.2) is 9.48 Å². The van der Waals surface area contributed by atoms with Gasteiger partial charge in [-0.3, -0.25) is 0 Å². The number of esters is 1. The van der Waals surface area contributed by atoms with Crippen LogP contribution in [-0.4, -0.2) is 31.0 Å². The third-order valence-electron chi connectivity index (χ3n) is 4.00. The monoisotopic (exact) mass is 376 g/mol. The SMILES string of the molecule is Cc1noc(C(OC(=O)c2nn(-c3ccccc3)cc2O)c2ccccc2)n1. The Morgan fingerprint density at radius 3 is 2.43 bits per heavy atom. The van der Waals surface area contributed by atoms with E-state index in [-0.39, 0.29) is 17.3 Å². The third-order valence-corrected chi connectivity index (χ3v) is 4.00. The summed E-state index contributed by atoms with van der Waals surface area (Å²) in [7, 11) is 0. The summed E-state index contributed by atoms with van der Waals surface area (Å²) in [4.78, 5) is 16.9. The number of ether oxygens (including phenoxy) is 1. The molecule has 2 heterocycles. The molecule has 0 spiro atoms. The summed E-state index contributed by atoms with van der Waals surface area (Å²) in [6, 6.07) is 18.1. The molecule has 0 amide bonds. The number of aryl methyl sites for hydroxylation is 1. The van der Waals surface area contributed by atoms with Crippen LogP contribution in [0.4, 0.5) is 0 Å². The number of hydrogen-bond acceptors (Lipinski definition) is 7. The van der Waals surface area contributed by atoms with Crippen LogP contribution >= 0.6 is 0 Å². The molecule has 0 fully saturated rings. The van der Waals surface area contributed by atoms with Crippen molar-refractivity contribution in [3.8, 4) is 11.4 Å². The second-order valence-electron chi connectivity index (χ2n) is 6.02. The Labute approximate surface area is 160 Å². The number of aromatic nitrogens is 4. The minimum absolute atomic E-state index is 0.138. The molecule has 2 aromatic heterocycles. The summed E-state index contributed by atoms with van der Waals surface area (Å²) in [5.41, 5.74) is 1.14. The Morgan fingerprint density at radius 1 is 1.11 bits per heavy atom. The highest BCUT2D eigenvalue weighted by Crippen LogP contribution is 2.27. The van der Waals surface area contributed by atoms with Crippen molar-refractivity contribution in [1.29, 1.82) is 0 Å². The predicted molar refractivity (Wildman–Crippen MR) is 98.0 cm³/mol. The number of rotatable bonds is 5. The van der Waals surface area contributed by atoms with Crippen molar-refractivity contribution in [3.05, 3.63) is 89.8 Å². The van der Waals surface area contributed by atoms with Gasteiger partial charge in [0.15, 0.2) is 11.6 Å². The molecule has 0 saturated carbocycles. The smallest absolute Gasteiger partial charge is 0.363 e. The molecule has 0 radical (unpaired) electrons. The zero-order chi connectivity index (χ0) is 19.5. The maximum atomic E-state index is 12.7. The minimum atomic E-state index is -0.920. The van der Waals surface area contributed by atoms with Crippen LogP contribution in [0.2, 0.25) is 0 Å². The number of carbonyl (C=O) groups excluding carboxylic acids is 1. The van der Waals surface area contributed by atoms with Crippen molar-refractivity contribution in [1.82, 2.24) is 19.9 Å². The van der Waals surface area contributed by atoms with E-state index in [2.05, 4.69) is 15.2 Å². The van der Waals surface area contributed by atoms with Gasteiger partial charge in [-0.15, -0.1) is 0 Å². The molecule has 8 heteroatoms. The summed E-state index contributed by atoms with van der Waals surface area (Å²) >= 11 is 0. The Hall–Kier alpha value is -3.94. The average Bonchev–Trinajstić information content (AvgIpc) is 3.33. The van der Waals surface area contributed by atoms with E-state index in [1.807, 2.05) is 24.3 Å². The van der Waals surface area contributed by atoms with Crippen LogP contribution in [0.15, 0.2) is 71.4 Å². The number of benzene rings is 2. The van der Waals surface area contributed by atoms with Crippen LogP contribution < -0.4 is 0 Å². The highest BCUT2D eigenvalue weighted by molar-refractivity contribution is 5.90. The summed E-state index contributed by atoms with van der Waals surface area (Å²) in [6.07, 6.45) is 0.427. The van der Waals surface area contributed by atoms with Gasteiger partial charge in [0.05, 0.1) is 11.9 Å². The van der Waals surface area contributed by atoms with Gasteiger partial charge in [-0.2, -0.15) is 10.1 Å². The quantitative estimate of drug-likeness (QED) is 0.533. The highest BCUT2D eigenvalue weighted by Gasteiger charge is 2.28. The molecular formula is C20H16N4O4. The number of para-hydroxylation sites is 1. The lowest BCUT2D eigenvalue weighted by Crippen LogP contribution is -2.14. The van der Waals surface area contributed by atoms with E-state index in [1.165, 1.54) is 10.9 Å². The maximum Gasteiger partial charge on any atom is 0.363 e. The maximum absolute atomic E-state index is 12.7. The molecule has 140 valence electrons. The zero-order valence-electron chi connectivity index (χ0n) is 14.9. The van der Waals surface area contributed by atoms with Crippen molar-refractivity contribution in [2.24, 2.45) is 0 Å². The Kier molecular flexibility index (Phi) is 4.59. The van der Waals surface area contributed by atoms with E-state index in [0.29, 0.717) is 17.1 Å². The van der Waals surface area contributed by atoms with Gasteiger partial charge in [-0.05, 0) is 19.1 Å². The molecule has 1 unspecified atom stereocenters. The molecule has 8 nitrogen and oxygen atoms in total. The normalized spacial score (nSPS) is 11.9. The van der Waals surface area contributed by atoms with Crippen molar-refractivity contribution in [2.45, 2.75) is 13.0 Å². The lowest BCUT2D eigenvalue weighted by Gasteiger charge is -2.13. The van der Waals surface area contributed by atoms with Crippen LogP contribution in [0.1, 0.15) is 33.9 Å². The first kappa shape index (κ1) is 17.5. The lowest BCUT2D eigenvalue weighted by molar-refractivity contribution is 0.0304. The van der Waals surface area contributed by atoms with Crippen molar-refractivity contribution in [3.63, 3.8) is 0 Å².